The van der Waals surface area contributed by atoms with E-state index in [1.807, 2.05) is 0 Å². The molecule has 0 spiro atoms. The molecule has 1 rings (SSSR count). The van der Waals surface area contributed by atoms with Crippen molar-refractivity contribution in [1.29, 1.82) is 0 Å². The van der Waals surface area contributed by atoms with Crippen LogP contribution in [0.15, 0.2) is 11.6 Å². The zero-order valence-corrected chi connectivity index (χ0v) is 7.53. The molecule has 0 fully saturated rings. The highest BCUT2D eigenvalue weighted by molar-refractivity contribution is 7.13. The van der Waals surface area contributed by atoms with E-state index >= 15 is 0 Å². The van der Waals surface area contributed by atoms with E-state index in [-0.39, 0.29) is 5.88 Å². The Bertz CT molecular complexity index is 254. The number of hydrogen-bond acceptors (Lipinski definition) is 3. The predicted octanol–water partition coefficient (Wildman–Crippen LogP) is 1.66. The van der Waals surface area contributed by atoms with Gasteiger partial charge in [0.05, 0.1) is 5.88 Å². The van der Waals surface area contributed by atoms with Crippen molar-refractivity contribution in [2.75, 3.05) is 11.2 Å². The number of anilines is 1. The normalized spacial score (nSPS) is 12.5. The molecule has 0 aliphatic rings. The van der Waals surface area contributed by atoms with Crippen molar-refractivity contribution in [3.63, 3.8) is 0 Å². The SMILES string of the molecule is O=C(Nc1nccs1)C(F)CCl. The van der Waals surface area contributed by atoms with E-state index in [0.29, 0.717) is 5.13 Å². The monoisotopic (exact) mass is 208 g/mol. The van der Waals surface area contributed by atoms with Gasteiger partial charge in [-0.3, -0.25) is 10.1 Å². The van der Waals surface area contributed by atoms with E-state index in [1.54, 1.807) is 5.38 Å². The third kappa shape index (κ3) is 2.42. The largest absolute Gasteiger partial charge is 0.299 e. The van der Waals surface area contributed by atoms with Crippen molar-refractivity contribution >= 4 is 34.0 Å². The van der Waals surface area contributed by atoms with Crippen molar-refractivity contribution in [2.24, 2.45) is 0 Å². The summed E-state index contributed by atoms with van der Waals surface area (Å²) in [4.78, 5) is 14.6. The number of thiazole rings is 1. The molecule has 3 nitrogen and oxygen atoms in total. The number of halogens is 2. The fraction of sp³-hybridized carbons (Fsp3) is 0.333. The second kappa shape index (κ2) is 4.37. The smallest absolute Gasteiger partial charge is 0.261 e. The van der Waals surface area contributed by atoms with Crippen molar-refractivity contribution in [3.8, 4) is 0 Å². The number of nitrogens with one attached hydrogen (secondary N) is 1. The summed E-state index contributed by atoms with van der Waals surface area (Å²) in [5.74, 6) is -1.09. The number of carbonyl (C=O) groups is 1. The van der Waals surface area contributed by atoms with Crippen LogP contribution in [0, 0.1) is 0 Å². The molecule has 1 aromatic rings. The van der Waals surface area contributed by atoms with Gasteiger partial charge in [-0.05, 0) is 0 Å². The fourth-order valence-corrected chi connectivity index (χ4v) is 1.21. The molecule has 6 heteroatoms. The number of rotatable bonds is 3. The van der Waals surface area contributed by atoms with E-state index in [2.05, 4.69) is 10.3 Å². The summed E-state index contributed by atoms with van der Waals surface area (Å²) in [5, 5.41) is 4.35. The molecular formula is C6H6ClFN2OS. The van der Waals surface area contributed by atoms with Gasteiger partial charge in [0.15, 0.2) is 11.3 Å². The maximum Gasteiger partial charge on any atom is 0.261 e. The molecule has 0 bridgehead atoms. The maximum absolute atomic E-state index is 12.6. The molecule has 1 atom stereocenters. The molecule has 66 valence electrons. The minimum absolute atomic E-state index is 0.336. The predicted molar refractivity (Wildman–Crippen MR) is 46.4 cm³/mol. The number of nitrogens with zero attached hydrogens (tertiary/aromatic N) is 1. The topological polar surface area (TPSA) is 42.0 Å². The number of hydrogen-bond donors (Lipinski definition) is 1. The molecule has 0 aromatic carbocycles. The van der Waals surface area contributed by atoms with E-state index in [0.717, 1.165) is 0 Å². The van der Waals surface area contributed by atoms with E-state index < -0.39 is 12.1 Å². The standard InChI is InChI=1S/C6H6ClFN2OS/c7-3-4(8)5(11)10-6-9-1-2-12-6/h1-2,4H,3H2,(H,9,10,11). The minimum atomic E-state index is -1.67. The quantitative estimate of drug-likeness (QED) is 0.768. The molecule has 1 heterocycles. The lowest BCUT2D eigenvalue weighted by Crippen LogP contribution is -2.25. The van der Waals surface area contributed by atoms with E-state index in [4.69, 9.17) is 11.6 Å². The van der Waals surface area contributed by atoms with Crippen LogP contribution in [0.2, 0.25) is 0 Å². The summed E-state index contributed by atoms with van der Waals surface area (Å²) in [6.07, 6.45) is -0.149. The van der Waals surface area contributed by atoms with Crippen LogP contribution >= 0.6 is 22.9 Å². The Balaban J connectivity index is 2.47. The highest BCUT2D eigenvalue weighted by Crippen LogP contribution is 2.11. The van der Waals surface area contributed by atoms with Gasteiger partial charge in [0, 0.05) is 11.6 Å². The third-order valence-electron chi connectivity index (χ3n) is 1.08. The zero-order valence-electron chi connectivity index (χ0n) is 5.96. The molecule has 0 saturated heterocycles. The van der Waals surface area contributed by atoms with Gasteiger partial charge in [-0.25, -0.2) is 9.37 Å². The lowest BCUT2D eigenvalue weighted by atomic mass is 10.4. The van der Waals surface area contributed by atoms with Crippen LogP contribution in [-0.2, 0) is 4.79 Å². The van der Waals surface area contributed by atoms with Gasteiger partial charge in [0.1, 0.15) is 0 Å². The van der Waals surface area contributed by atoms with Gasteiger partial charge in [-0.15, -0.1) is 22.9 Å². The average Bonchev–Trinajstić information content (AvgIpc) is 2.55. The maximum atomic E-state index is 12.6. The Labute approximate surface area is 77.6 Å². The number of carbonyl (C=O) groups excluding carboxylic acids is 1. The average molecular weight is 209 g/mol. The molecule has 0 aliphatic carbocycles. The minimum Gasteiger partial charge on any atom is -0.299 e. The summed E-state index contributed by atoms with van der Waals surface area (Å²) in [5.41, 5.74) is 0. The number of alkyl halides is 2. The number of amides is 1. The molecule has 1 aromatic heterocycles. The summed E-state index contributed by atoms with van der Waals surface area (Å²) in [6.45, 7) is 0. The van der Waals surface area contributed by atoms with E-state index in [9.17, 15) is 9.18 Å². The fourth-order valence-electron chi connectivity index (χ4n) is 0.539. The molecule has 1 unspecified atom stereocenters. The summed E-state index contributed by atoms with van der Waals surface area (Å²) >= 11 is 6.36. The summed E-state index contributed by atoms with van der Waals surface area (Å²) in [7, 11) is 0. The van der Waals surface area contributed by atoms with Gasteiger partial charge >= 0.3 is 0 Å². The van der Waals surface area contributed by atoms with Gasteiger partial charge in [-0.2, -0.15) is 0 Å². The highest BCUT2D eigenvalue weighted by atomic mass is 35.5. The molecule has 0 saturated carbocycles. The Morgan fingerprint density at radius 2 is 2.67 bits per heavy atom. The van der Waals surface area contributed by atoms with Crippen molar-refractivity contribution in [1.82, 2.24) is 4.98 Å². The van der Waals surface area contributed by atoms with Crippen LogP contribution in [0.1, 0.15) is 0 Å². The first-order valence-corrected chi connectivity index (χ1v) is 4.56. The van der Waals surface area contributed by atoms with Crippen LogP contribution in [-0.4, -0.2) is 22.9 Å². The van der Waals surface area contributed by atoms with Crippen LogP contribution in [0.5, 0.6) is 0 Å². The number of aromatic nitrogens is 1. The molecule has 0 radical (unpaired) electrons. The lowest BCUT2D eigenvalue weighted by Gasteiger charge is -2.02. The molecule has 1 N–H and O–H groups in total. The van der Waals surface area contributed by atoms with Crippen LogP contribution in [0.3, 0.4) is 0 Å². The molecule has 1 amide bonds. The van der Waals surface area contributed by atoms with Crippen LogP contribution in [0.4, 0.5) is 9.52 Å². The van der Waals surface area contributed by atoms with Crippen molar-refractivity contribution in [2.45, 2.75) is 6.17 Å². The lowest BCUT2D eigenvalue weighted by molar-refractivity contribution is -0.120. The Morgan fingerprint density at radius 3 is 3.17 bits per heavy atom. The summed E-state index contributed by atoms with van der Waals surface area (Å²) in [6, 6.07) is 0. The van der Waals surface area contributed by atoms with Gasteiger partial charge < -0.3 is 0 Å². The first-order valence-electron chi connectivity index (χ1n) is 3.14. The molecule has 12 heavy (non-hydrogen) atoms. The third-order valence-corrected chi connectivity index (χ3v) is 2.04. The van der Waals surface area contributed by atoms with Gasteiger partial charge in [-0.1, -0.05) is 0 Å². The van der Waals surface area contributed by atoms with Crippen LogP contribution < -0.4 is 5.32 Å². The first-order chi connectivity index (χ1) is 5.74. The van der Waals surface area contributed by atoms with Crippen LogP contribution in [0.25, 0.3) is 0 Å². The second-order valence-electron chi connectivity index (χ2n) is 1.95. The Kier molecular flexibility index (Phi) is 3.43. The summed E-state index contributed by atoms with van der Waals surface area (Å²) < 4.78 is 12.6. The van der Waals surface area contributed by atoms with Crippen molar-refractivity contribution in [3.05, 3.63) is 11.6 Å². The van der Waals surface area contributed by atoms with E-state index in [1.165, 1.54) is 17.5 Å². The van der Waals surface area contributed by atoms with Gasteiger partial charge in [0.2, 0.25) is 0 Å². The highest BCUT2D eigenvalue weighted by Gasteiger charge is 2.16. The Morgan fingerprint density at radius 1 is 1.92 bits per heavy atom. The van der Waals surface area contributed by atoms with Gasteiger partial charge in [0.25, 0.3) is 5.91 Å². The second-order valence-corrected chi connectivity index (χ2v) is 3.15. The molecular weight excluding hydrogens is 203 g/mol. The molecule has 0 aliphatic heterocycles. The zero-order chi connectivity index (χ0) is 8.97. The first kappa shape index (κ1) is 9.41. The van der Waals surface area contributed by atoms with Crippen molar-refractivity contribution < 1.29 is 9.18 Å². The Hall–Kier alpha value is -0.680.